The van der Waals surface area contributed by atoms with Gasteiger partial charge in [0.25, 0.3) is 0 Å². The quantitative estimate of drug-likeness (QED) is 0.568. The highest BCUT2D eigenvalue weighted by Gasteiger charge is 2.14. The molecule has 2 nitrogen and oxygen atoms in total. The molecule has 0 saturated carbocycles. The first-order valence-corrected chi connectivity index (χ1v) is 8.21. The first kappa shape index (κ1) is 15.7. The van der Waals surface area contributed by atoms with E-state index in [1.807, 2.05) is 30.3 Å². The maximum Gasteiger partial charge on any atom is 0.488 e. The third-order valence-corrected chi connectivity index (χ3v) is 5.19. The van der Waals surface area contributed by atoms with Gasteiger partial charge in [0.1, 0.15) is 0 Å². The van der Waals surface area contributed by atoms with Gasteiger partial charge in [0, 0.05) is 9.58 Å². The Hall–Kier alpha value is -2.14. The summed E-state index contributed by atoms with van der Waals surface area (Å²) in [5.74, 6) is 0. The van der Waals surface area contributed by atoms with Crippen molar-refractivity contribution in [1.29, 1.82) is 0 Å². The topological polar surface area (TPSA) is 40.5 Å². The maximum absolute atomic E-state index is 9.39. The average molecular weight is 320 g/mol. The molecule has 1 aromatic heterocycles. The fourth-order valence-corrected chi connectivity index (χ4v) is 3.93. The molecule has 0 saturated heterocycles. The molecule has 114 valence electrons. The van der Waals surface area contributed by atoms with Crippen molar-refractivity contribution in [2.75, 3.05) is 0 Å². The van der Waals surface area contributed by atoms with Gasteiger partial charge in [-0.3, -0.25) is 0 Å². The number of thiophene rings is 1. The van der Waals surface area contributed by atoms with Crippen LogP contribution in [0.15, 0.2) is 61.2 Å². The van der Waals surface area contributed by atoms with Crippen LogP contribution in [0.1, 0.15) is 10.4 Å². The third kappa shape index (κ3) is 3.01. The number of fused-ring (bicyclic) bond motifs is 1. The molecule has 0 radical (unpaired) electrons. The predicted octanol–water partition coefficient (Wildman–Crippen LogP) is 3.76. The Labute approximate surface area is 140 Å². The van der Waals surface area contributed by atoms with Gasteiger partial charge >= 0.3 is 7.12 Å². The van der Waals surface area contributed by atoms with Crippen LogP contribution in [0.3, 0.4) is 0 Å². The molecular weight excluding hydrogens is 303 g/mol. The van der Waals surface area contributed by atoms with E-state index in [-0.39, 0.29) is 0 Å². The smallest absolute Gasteiger partial charge is 0.423 e. The lowest BCUT2D eigenvalue weighted by Gasteiger charge is -2.06. The second-order valence-corrected chi connectivity index (χ2v) is 6.42. The molecule has 3 aromatic rings. The largest absolute Gasteiger partial charge is 0.488 e. The Morgan fingerprint density at radius 2 is 1.91 bits per heavy atom. The fraction of sp³-hybridized carbons (Fsp3) is 0.0526. The Kier molecular flexibility index (Phi) is 4.48. The minimum Gasteiger partial charge on any atom is -0.423 e. The average Bonchev–Trinajstić information content (AvgIpc) is 2.89. The summed E-state index contributed by atoms with van der Waals surface area (Å²) >= 11 is 1.74. The summed E-state index contributed by atoms with van der Waals surface area (Å²) in [6.45, 7) is 5.85. The summed E-state index contributed by atoms with van der Waals surface area (Å²) in [6, 6.07) is 13.6. The SMILES string of the molecule is C=C/C=C\c1sc2c(-c3cccc(B(O)O)c3)cccc2c1C. The van der Waals surface area contributed by atoms with Crippen LogP contribution < -0.4 is 5.46 Å². The fourth-order valence-electron chi connectivity index (χ4n) is 2.67. The standard InChI is InChI=1S/C19H17BO2S/c1-3-4-11-18-13(2)16-9-6-10-17(19(16)23-18)14-7-5-8-15(12-14)20(21)22/h3-12,21-22H,1H2,2H3/b11-4-. The highest BCUT2D eigenvalue weighted by molar-refractivity contribution is 7.20. The van der Waals surface area contributed by atoms with Gasteiger partial charge in [-0.1, -0.05) is 61.2 Å². The summed E-state index contributed by atoms with van der Waals surface area (Å²) in [4.78, 5) is 1.21. The number of allylic oxidation sites excluding steroid dienone is 2. The summed E-state index contributed by atoms with van der Waals surface area (Å²) in [5.41, 5.74) is 3.85. The molecule has 4 heteroatoms. The van der Waals surface area contributed by atoms with Crippen molar-refractivity contribution in [3.05, 3.63) is 71.6 Å². The van der Waals surface area contributed by atoms with Crippen LogP contribution in [0.5, 0.6) is 0 Å². The van der Waals surface area contributed by atoms with Crippen LogP contribution in [0.4, 0.5) is 0 Å². The van der Waals surface area contributed by atoms with E-state index in [0.717, 1.165) is 11.1 Å². The van der Waals surface area contributed by atoms with Crippen molar-refractivity contribution in [2.24, 2.45) is 0 Å². The van der Waals surface area contributed by atoms with Gasteiger partial charge in [-0.15, -0.1) is 11.3 Å². The molecule has 0 bridgehead atoms. The van der Waals surface area contributed by atoms with Crippen molar-refractivity contribution in [2.45, 2.75) is 6.92 Å². The Bertz CT molecular complexity index is 894. The van der Waals surface area contributed by atoms with E-state index in [9.17, 15) is 10.0 Å². The lowest BCUT2D eigenvalue weighted by Crippen LogP contribution is -2.29. The second kappa shape index (κ2) is 6.55. The molecule has 0 aliphatic heterocycles. The molecule has 23 heavy (non-hydrogen) atoms. The van der Waals surface area contributed by atoms with Crippen molar-refractivity contribution in [3.63, 3.8) is 0 Å². The van der Waals surface area contributed by atoms with Crippen LogP contribution in [0.2, 0.25) is 0 Å². The van der Waals surface area contributed by atoms with Crippen LogP contribution in [0.25, 0.3) is 27.3 Å². The van der Waals surface area contributed by atoms with Gasteiger partial charge in [0.05, 0.1) is 0 Å². The number of hydrogen-bond donors (Lipinski definition) is 2. The molecule has 0 aliphatic rings. The summed E-state index contributed by atoms with van der Waals surface area (Å²) in [7, 11) is -1.45. The van der Waals surface area contributed by atoms with E-state index >= 15 is 0 Å². The Morgan fingerprint density at radius 3 is 2.65 bits per heavy atom. The van der Waals surface area contributed by atoms with E-state index in [2.05, 4.69) is 31.7 Å². The van der Waals surface area contributed by atoms with Crippen LogP contribution in [-0.2, 0) is 0 Å². The molecule has 0 amide bonds. The molecular formula is C19H17BO2S. The zero-order valence-electron chi connectivity index (χ0n) is 12.9. The van der Waals surface area contributed by atoms with Gasteiger partial charge in [0.15, 0.2) is 0 Å². The van der Waals surface area contributed by atoms with Gasteiger partial charge in [-0.05, 0) is 40.5 Å². The molecule has 2 aromatic carbocycles. The Morgan fingerprint density at radius 1 is 1.13 bits per heavy atom. The summed E-state index contributed by atoms with van der Waals surface area (Å²) < 4.78 is 1.21. The monoisotopic (exact) mass is 320 g/mol. The number of benzene rings is 2. The van der Waals surface area contributed by atoms with E-state index in [1.54, 1.807) is 23.5 Å². The molecule has 0 aliphatic carbocycles. The number of hydrogen-bond acceptors (Lipinski definition) is 3. The first-order valence-electron chi connectivity index (χ1n) is 7.39. The molecule has 0 unspecified atom stereocenters. The van der Waals surface area contributed by atoms with Gasteiger partial charge in [-0.25, -0.2) is 0 Å². The van der Waals surface area contributed by atoms with Crippen LogP contribution >= 0.6 is 11.3 Å². The molecule has 0 fully saturated rings. The third-order valence-electron chi connectivity index (χ3n) is 3.88. The van der Waals surface area contributed by atoms with Gasteiger partial charge < -0.3 is 10.0 Å². The van der Waals surface area contributed by atoms with Crippen LogP contribution in [0, 0.1) is 6.92 Å². The van der Waals surface area contributed by atoms with Gasteiger partial charge in [0.2, 0.25) is 0 Å². The molecule has 0 spiro atoms. The highest BCUT2D eigenvalue weighted by atomic mass is 32.1. The minimum absolute atomic E-state index is 0.500. The van der Waals surface area contributed by atoms with E-state index in [0.29, 0.717) is 5.46 Å². The Balaban J connectivity index is 2.20. The molecule has 3 rings (SSSR count). The minimum atomic E-state index is -1.45. The lowest BCUT2D eigenvalue weighted by molar-refractivity contribution is 0.426. The van der Waals surface area contributed by atoms with E-state index < -0.39 is 7.12 Å². The van der Waals surface area contributed by atoms with Gasteiger partial charge in [-0.2, -0.15) is 0 Å². The predicted molar refractivity (Wildman–Crippen MR) is 101 cm³/mol. The number of rotatable bonds is 4. The number of aryl methyl sites for hydroxylation is 1. The zero-order valence-corrected chi connectivity index (χ0v) is 13.7. The van der Waals surface area contributed by atoms with E-state index in [4.69, 9.17) is 0 Å². The molecule has 2 N–H and O–H groups in total. The normalized spacial score (nSPS) is 11.3. The van der Waals surface area contributed by atoms with Crippen molar-refractivity contribution >= 4 is 40.1 Å². The molecule has 1 heterocycles. The lowest BCUT2D eigenvalue weighted by atomic mass is 9.79. The maximum atomic E-state index is 9.39. The van der Waals surface area contributed by atoms with Crippen molar-refractivity contribution in [3.8, 4) is 11.1 Å². The highest BCUT2D eigenvalue weighted by Crippen LogP contribution is 2.38. The summed E-state index contributed by atoms with van der Waals surface area (Å²) in [5, 5.41) is 20.0. The van der Waals surface area contributed by atoms with Crippen LogP contribution in [-0.4, -0.2) is 17.2 Å². The second-order valence-electron chi connectivity index (χ2n) is 5.37. The zero-order chi connectivity index (χ0) is 16.4. The van der Waals surface area contributed by atoms with Crippen molar-refractivity contribution < 1.29 is 10.0 Å². The van der Waals surface area contributed by atoms with Crippen molar-refractivity contribution in [1.82, 2.24) is 0 Å². The molecule has 0 atom stereocenters. The first-order chi connectivity index (χ1) is 11.1. The van der Waals surface area contributed by atoms with E-state index in [1.165, 1.54) is 20.5 Å². The summed E-state index contributed by atoms with van der Waals surface area (Å²) in [6.07, 6.45) is 5.79.